The predicted octanol–water partition coefficient (Wildman–Crippen LogP) is 2.49. The molecule has 2 N–H and O–H groups in total. The minimum Gasteiger partial charge on any atom is -0.504 e. The number of esters is 1. The number of fused-ring (bicyclic) bond motifs is 5. The van der Waals surface area contributed by atoms with Crippen molar-refractivity contribution < 1.29 is 43.2 Å². The van der Waals surface area contributed by atoms with Gasteiger partial charge in [0.2, 0.25) is 18.8 Å². The summed E-state index contributed by atoms with van der Waals surface area (Å²) in [6.45, 7) is 1.91. The number of benzene rings is 2. The lowest BCUT2D eigenvalue weighted by molar-refractivity contribution is -0.996. The molecule has 32 heavy (non-hydrogen) atoms. The first-order chi connectivity index (χ1) is 15.3. The zero-order valence-corrected chi connectivity index (χ0v) is 18.4. The molecule has 0 amide bonds. The third-order valence-corrected chi connectivity index (χ3v) is 6.88. The molecular formula is C23H26NO8+. The molecule has 0 saturated carbocycles. The number of aromatic hydroxyl groups is 1. The monoisotopic (exact) mass is 444 g/mol. The van der Waals surface area contributed by atoms with Gasteiger partial charge in [0.05, 0.1) is 38.9 Å². The molecule has 9 nitrogen and oxygen atoms in total. The van der Waals surface area contributed by atoms with Crippen LogP contribution in [0.5, 0.6) is 28.7 Å². The summed E-state index contributed by atoms with van der Waals surface area (Å²) in [6, 6.07) is 4.79. The Morgan fingerprint density at radius 2 is 1.97 bits per heavy atom. The molecule has 4 atom stereocenters. The predicted molar refractivity (Wildman–Crippen MR) is 111 cm³/mol. The van der Waals surface area contributed by atoms with E-state index in [-0.39, 0.29) is 22.8 Å². The number of methoxy groups -OCH3 is 2. The number of carbonyl (C=O) groups is 1. The molecular weight excluding hydrogens is 418 g/mol. The summed E-state index contributed by atoms with van der Waals surface area (Å²) in [5.41, 5.74) is 2.59. The molecule has 3 heterocycles. The van der Waals surface area contributed by atoms with E-state index in [0.717, 1.165) is 5.56 Å². The van der Waals surface area contributed by atoms with E-state index in [9.17, 15) is 15.0 Å². The highest BCUT2D eigenvalue weighted by Crippen LogP contribution is 2.61. The van der Waals surface area contributed by atoms with Crippen molar-refractivity contribution >= 4 is 5.97 Å². The Bertz CT molecular complexity index is 1120. The number of phenols is 1. The van der Waals surface area contributed by atoms with Crippen LogP contribution in [0.3, 0.4) is 0 Å². The van der Waals surface area contributed by atoms with E-state index in [1.807, 2.05) is 13.1 Å². The zero-order valence-electron chi connectivity index (χ0n) is 18.4. The van der Waals surface area contributed by atoms with Gasteiger partial charge in [-0.25, -0.2) is 0 Å². The van der Waals surface area contributed by atoms with Crippen LogP contribution in [0.2, 0.25) is 0 Å². The SMILES string of the molecule is COc1ccc2c(c1OC)C(O)[N+]1(C)CCc3cc4c(c(O)c3C1C2OC(C)=O)OCO4. The normalized spacial score (nSPS) is 27.1. The number of quaternary nitrogens is 1. The number of carbonyl (C=O) groups excluding carboxylic acids is 1. The first-order valence-corrected chi connectivity index (χ1v) is 10.4. The second-order valence-corrected chi connectivity index (χ2v) is 8.50. The molecule has 3 aliphatic rings. The molecule has 4 unspecified atom stereocenters. The highest BCUT2D eigenvalue weighted by molar-refractivity contribution is 5.68. The van der Waals surface area contributed by atoms with Crippen molar-refractivity contribution in [1.29, 1.82) is 0 Å². The van der Waals surface area contributed by atoms with Gasteiger partial charge in [0, 0.05) is 18.9 Å². The number of aliphatic hydroxyl groups excluding tert-OH is 1. The van der Waals surface area contributed by atoms with Crippen LogP contribution in [0.4, 0.5) is 0 Å². The van der Waals surface area contributed by atoms with Crippen LogP contribution in [0.1, 0.15) is 47.6 Å². The van der Waals surface area contributed by atoms with Gasteiger partial charge in [0.25, 0.3) is 0 Å². The van der Waals surface area contributed by atoms with E-state index >= 15 is 0 Å². The number of likely N-dealkylation sites (N-methyl/N-ethyl adjacent to an activating group) is 1. The maximum Gasteiger partial charge on any atom is 0.303 e. The van der Waals surface area contributed by atoms with Crippen LogP contribution in [0.15, 0.2) is 18.2 Å². The van der Waals surface area contributed by atoms with Crippen LogP contribution in [-0.2, 0) is 16.0 Å². The minimum absolute atomic E-state index is 0.0262. The van der Waals surface area contributed by atoms with Crippen LogP contribution in [0, 0.1) is 0 Å². The van der Waals surface area contributed by atoms with Gasteiger partial charge >= 0.3 is 5.97 Å². The fraction of sp³-hybridized carbons (Fsp3) is 0.435. The van der Waals surface area contributed by atoms with Gasteiger partial charge in [0.1, 0.15) is 0 Å². The molecule has 0 radical (unpaired) electrons. The summed E-state index contributed by atoms with van der Waals surface area (Å²) < 4.78 is 28.0. The summed E-state index contributed by atoms with van der Waals surface area (Å²) in [5, 5.41) is 22.9. The Hall–Kier alpha value is -3.17. The topological polar surface area (TPSA) is 104 Å². The molecule has 3 aliphatic heterocycles. The molecule has 5 rings (SSSR count). The molecule has 2 aromatic rings. The van der Waals surface area contributed by atoms with Gasteiger partial charge < -0.3 is 33.9 Å². The number of ether oxygens (including phenoxy) is 5. The molecule has 0 bridgehead atoms. The lowest BCUT2D eigenvalue weighted by Crippen LogP contribution is -2.58. The highest BCUT2D eigenvalue weighted by Gasteiger charge is 2.58. The fourth-order valence-electron chi connectivity index (χ4n) is 5.41. The Kier molecular flexibility index (Phi) is 4.65. The van der Waals surface area contributed by atoms with E-state index in [2.05, 4.69) is 0 Å². The first-order valence-electron chi connectivity index (χ1n) is 10.4. The quantitative estimate of drug-likeness (QED) is 0.550. The Morgan fingerprint density at radius 1 is 1.19 bits per heavy atom. The summed E-state index contributed by atoms with van der Waals surface area (Å²) in [5.74, 6) is 1.12. The summed E-state index contributed by atoms with van der Waals surface area (Å²) in [4.78, 5) is 12.2. The van der Waals surface area contributed by atoms with Crippen molar-refractivity contribution in [2.45, 2.75) is 31.7 Å². The maximum atomic E-state index is 12.2. The van der Waals surface area contributed by atoms with Gasteiger partial charge in [-0.2, -0.15) is 0 Å². The second-order valence-electron chi connectivity index (χ2n) is 8.50. The lowest BCUT2D eigenvalue weighted by Gasteiger charge is -2.53. The van der Waals surface area contributed by atoms with Crippen molar-refractivity contribution in [2.75, 3.05) is 34.6 Å². The number of nitrogens with zero attached hydrogens (tertiary/aromatic N) is 1. The lowest BCUT2D eigenvalue weighted by atomic mass is 9.78. The van der Waals surface area contributed by atoms with Crippen LogP contribution < -0.4 is 18.9 Å². The van der Waals surface area contributed by atoms with Gasteiger partial charge in [-0.3, -0.25) is 9.28 Å². The Morgan fingerprint density at radius 3 is 2.66 bits per heavy atom. The smallest absolute Gasteiger partial charge is 0.303 e. The molecule has 9 heteroatoms. The maximum absolute atomic E-state index is 12.2. The van der Waals surface area contributed by atoms with Crippen molar-refractivity contribution in [3.63, 3.8) is 0 Å². The number of aliphatic hydroxyl groups is 1. The molecule has 170 valence electrons. The van der Waals surface area contributed by atoms with E-state index < -0.39 is 24.3 Å². The summed E-state index contributed by atoms with van der Waals surface area (Å²) >= 11 is 0. The van der Waals surface area contributed by atoms with Crippen LogP contribution in [-0.4, -0.2) is 55.3 Å². The molecule has 0 spiro atoms. The van der Waals surface area contributed by atoms with Gasteiger partial charge in [-0.1, -0.05) is 6.07 Å². The average Bonchev–Trinajstić information content (AvgIpc) is 3.25. The third-order valence-electron chi connectivity index (χ3n) is 6.88. The van der Waals surface area contributed by atoms with E-state index in [1.165, 1.54) is 21.1 Å². The van der Waals surface area contributed by atoms with Crippen molar-refractivity contribution in [3.8, 4) is 28.7 Å². The molecule has 2 aromatic carbocycles. The van der Waals surface area contributed by atoms with E-state index in [0.29, 0.717) is 46.9 Å². The molecule has 0 saturated heterocycles. The van der Waals surface area contributed by atoms with Crippen molar-refractivity contribution in [1.82, 2.24) is 0 Å². The average molecular weight is 444 g/mol. The standard InChI is InChI=1S/C23H25NO8/c1-11(25)32-20-13-5-6-14(28-3)21(29-4)17(13)23(27)24(2)8-7-12-9-15-22(31-10-30-15)19(26)16(12)18(20)24/h5-6,9,18,20,23,27H,7-8,10H2,1-4H3/p+1. The number of phenolic OH excluding ortho intramolecular Hbond substituents is 1. The van der Waals surface area contributed by atoms with Gasteiger partial charge in [0.15, 0.2) is 35.1 Å². The number of hydrogen-bond donors (Lipinski definition) is 2. The second kappa shape index (κ2) is 7.18. The first kappa shape index (κ1) is 20.7. The Balaban J connectivity index is 1.79. The number of hydrogen-bond acceptors (Lipinski definition) is 8. The summed E-state index contributed by atoms with van der Waals surface area (Å²) in [6.07, 6.45) is -1.20. The van der Waals surface area contributed by atoms with E-state index in [4.69, 9.17) is 23.7 Å². The van der Waals surface area contributed by atoms with Crippen molar-refractivity contribution in [2.24, 2.45) is 0 Å². The van der Waals surface area contributed by atoms with Gasteiger partial charge in [-0.15, -0.1) is 0 Å². The summed E-state index contributed by atoms with van der Waals surface area (Å²) in [7, 11) is 4.93. The largest absolute Gasteiger partial charge is 0.504 e. The van der Waals surface area contributed by atoms with Crippen molar-refractivity contribution in [3.05, 3.63) is 40.5 Å². The fourth-order valence-corrected chi connectivity index (χ4v) is 5.41. The molecule has 0 fully saturated rings. The van der Waals surface area contributed by atoms with Gasteiger partial charge in [-0.05, 0) is 17.7 Å². The van der Waals surface area contributed by atoms with Crippen LogP contribution >= 0.6 is 0 Å². The minimum atomic E-state index is -1.01. The van der Waals surface area contributed by atoms with Crippen LogP contribution in [0.25, 0.3) is 0 Å². The highest BCUT2D eigenvalue weighted by atomic mass is 16.7. The Labute approximate surface area is 185 Å². The number of rotatable bonds is 3. The zero-order chi connectivity index (χ0) is 22.8. The van der Waals surface area contributed by atoms with E-state index in [1.54, 1.807) is 12.1 Å². The molecule has 0 aliphatic carbocycles. The molecule has 0 aromatic heterocycles. The third kappa shape index (κ3) is 2.67.